The van der Waals surface area contributed by atoms with Crippen LogP contribution in [0.15, 0.2) is 0 Å². The van der Waals surface area contributed by atoms with E-state index in [1.165, 1.54) is 0 Å². The molecule has 0 aromatic carbocycles. The number of carboxylic acid groups (broad SMARTS) is 1. The van der Waals surface area contributed by atoms with Gasteiger partial charge in [0.1, 0.15) is 0 Å². The van der Waals surface area contributed by atoms with Gasteiger partial charge in [-0.2, -0.15) is 0 Å². The Bertz CT molecular complexity index is 420. The van der Waals surface area contributed by atoms with E-state index in [1.54, 1.807) is 0 Å². The summed E-state index contributed by atoms with van der Waals surface area (Å²) >= 11 is 0. The lowest BCUT2D eigenvalue weighted by Gasteiger charge is -2.27. The number of amides is 1. The topological polar surface area (TPSA) is 127 Å². The second-order valence-corrected chi connectivity index (χ2v) is 6.23. The summed E-state index contributed by atoms with van der Waals surface area (Å²) in [5.74, 6) is -2.96. The van der Waals surface area contributed by atoms with E-state index in [-0.39, 0.29) is 12.3 Å². The van der Waals surface area contributed by atoms with Gasteiger partial charge >= 0.3 is 5.97 Å². The van der Waals surface area contributed by atoms with Crippen LogP contribution in [0.1, 0.15) is 25.7 Å². The first kappa shape index (κ1) is 14.9. The van der Waals surface area contributed by atoms with E-state index in [2.05, 4.69) is 5.32 Å². The highest BCUT2D eigenvalue weighted by molar-refractivity contribution is 7.89. The van der Waals surface area contributed by atoms with Gasteiger partial charge in [0.2, 0.25) is 15.9 Å². The number of sulfonamides is 1. The monoisotopic (exact) mass is 278 g/mol. The van der Waals surface area contributed by atoms with Crippen molar-refractivity contribution in [3.63, 3.8) is 0 Å². The zero-order valence-corrected chi connectivity index (χ0v) is 10.8. The van der Waals surface area contributed by atoms with Crippen LogP contribution in [-0.2, 0) is 19.6 Å². The largest absolute Gasteiger partial charge is 0.481 e. The van der Waals surface area contributed by atoms with Crippen LogP contribution in [0.3, 0.4) is 0 Å². The fourth-order valence-electron chi connectivity index (χ4n) is 2.19. The SMILES string of the molecule is NS(=O)(=O)CCNC(=O)C1CCCCC1C(=O)O. The summed E-state index contributed by atoms with van der Waals surface area (Å²) < 4.78 is 21.4. The van der Waals surface area contributed by atoms with Gasteiger partial charge in [0.05, 0.1) is 17.6 Å². The predicted octanol–water partition coefficient (Wildman–Crippen LogP) is -0.718. The molecule has 2 atom stereocenters. The molecule has 0 radical (unpaired) electrons. The van der Waals surface area contributed by atoms with Crippen molar-refractivity contribution in [2.45, 2.75) is 25.7 Å². The normalized spacial score (nSPS) is 24.5. The van der Waals surface area contributed by atoms with E-state index in [0.29, 0.717) is 12.8 Å². The van der Waals surface area contributed by atoms with Crippen molar-refractivity contribution >= 4 is 21.9 Å². The van der Waals surface area contributed by atoms with Crippen molar-refractivity contribution in [1.29, 1.82) is 0 Å². The summed E-state index contributed by atoms with van der Waals surface area (Å²) in [4.78, 5) is 22.8. The number of primary sulfonamides is 1. The molecule has 18 heavy (non-hydrogen) atoms. The maximum atomic E-state index is 11.8. The number of rotatable bonds is 5. The highest BCUT2D eigenvalue weighted by Gasteiger charge is 2.35. The van der Waals surface area contributed by atoms with Crippen LogP contribution >= 0.6 is 0 Å². The van der Waals surface area contributed by atoms with Gasteiger partial charge in [-0.1, -0.05) is 12.8 Å². The molecule has 1 rings (SSSR count). The molecule has 1 fully saturated rings. The average molecular weight is 278 g/mol. The smallest absolute Gasteiger partial charge is 0.307 e. The number of carbonyl (C=O) groups is 2. The molecule has 104 valence electrons. The van der Waals surface area contributed by atoms with Crippen molar-refractivity contribution in [3.8, 4) is 0 Å². The first-order chi connectivity index (χ1) is 8.31. The lowest BCUT2D eigenvalue weighted by Crippen LogP contribution is -2.41. The summed E-state index contributed by atoms with van der Waals surface area (Å²) in [5.41, 5.74) is 0. The number of nitrogens with one attached hydrogen (secondary N) is 1. The summed E-state index contributed by atoms with van der Waals surface area (Å²) in [6.45, 7) is -0.0828. The lowest BCUT2D eigenvalue weighted by atomic mass is 9.79. The highest BCUT2D eigenvalue weighted by atomic mass is 32.2. The Kier molecular flexibility index (Phi) is 5.09. The van der Waals surface area contributed by atoms with Crippen LogP contribution in [0.2, 0.25) is 0 Å². The Morgan fingerprint density at radius 3 is 2.28 bits per heavy atom. The molecule has 0 spiro atoms. The molecule has 1 amide bonds. The van der Waals surface area contributed by atoms with E-state index < -0.39 is 33.7 Å². The minimum absolute atomic E-state index is 0.0828. The minimum atomic E-state index is -3.61. The van der Waals surface area contributed by atoms with Gasteiger partial charge in [-0.15, -0.1) is 0 Å². The second kappa shape index (κ2) is 6.14. The minimum Gasteiger partial charge on any atom is -0.481 e. The Morgan fingerprint density at radius 1 is 1.22 bits per heavy atom. The first-order valence-corrected chi connectivity index (χ1v) is 7.54. The molecular formula is C10H18N2O5S. The van der Waals surface area contributed by atoms with Gasteiger partial charge in [-0.05, 0) is 12.8 Å². The molecule has 4 N–H and O–H groups in total. The number of nitrogens with two attached hydrogens (primary N) is 1. The average Bonchev–Trinajstić information content (AvgIpc) is 2.27. The molecule has 0 aliphatic heterocycles. The predicted molar refractivity (Wildman–Crippen MR) is 64.1 cm³/mol. The fourth-order valence-corrected chi connectivity index (χ4v) is 2.57. The van der Waals surface area contributed by atoms with Gasteiger partial charge < -0.3 is 10.4 Å². The van der Waals surface area contributed by atoms with Gasteiger partial charge in [-0.3, -0.25) is 9.59 Å². The third-order valence-corrected chi connectivity index (χ3v) is 3.88. The molecular weight excluding hydrogens is 260 g/mol. The molecule has 1 saturated carbocycles. The quantitative estimate of drug-likeness (QED) is 0.612. The van der Waals surface area contributed by atoms with Gasteiger partial charge in [-0.25, -0.2) is 13.6 Å². The molecule has 0 heterocycles. The molecule has 1 aliphatic carbocycles. The fraction of sp³-hybridized carbons (Fsp3) is 0.800. The Labute approximate surface area is 106 Å². The maximum Gasteiger partial charge on any atom is 0.307 e. The lowest BCUT2D eigenvalue weighted by molar-refractivity contribution is -0.148. The molecule has 2 unspecified atom stereocenters. The standard InChI is InChI=1S/C10H18N2O5S/c11-18(16,17)6-5-12-9(13)7-3-1-2-4-8(7)10(14)15/h7-8H,1-6H2,(H,12,13)(H,14,15)(H2,11,16,17). The van der Waals surface area contributed by atoms with Crippen LogP contribution < -0.4 is 10.5 Å². The second-order valence-electron chi connectivity index (χ2n) is 4.49. The zero-order valence-electron chi connectivity index (χ0n) is 9.96. The van der Waals surface area contributed by atoms with Crippen molar-refractivity contribution < 1.29 is 23.1 Å². The van der Waals surface area contributed by atoms with E-state index >= 15 is 0 Å². The number of carboxylic acids is 1. The Balaban J connectivity index is 2.51. The molecule has 0 aromatic heterocycles. The van der Waals surface area contributed by atoms with Crippen molar-refractivity contribution in [1.82, 2.24) is 5.32 Å². The summed E-state index contributed by atoms with van der Waals surface area (Å²) in [7, 11) is -3.61. The van der Waals surface area contributed by atoms with Crippen molar-refractivity contribution in [2.75, 3.05) is 12.3 Å². The number of hydrogen-bond acceptors (Lipinski definition) is 4. The molecule has 1 aliphatic rings. The third kappa shape index (κ3) is 4.61. The van der Waals surface area contributed by atoms with Crippen LogP contribution in [0.4, 0.5) is 0 Å². The van der Waals surface area contributed by atoms with E-state index in [4.69, 9.17) is 10.2 Å². The number of hydrogen-bond donors (Lipinski definition) is 3. The molecule has 7 nitrogen and oxygen atoms in total. The van der Waals surface area contributed by atoms with Crippen molar-refractivity contribution in [3.05, 3.63) is 0 Å². The van der Waals surface area contributed by atoms with Gasteiger partial charge in [0, 0.05) is 6.54 Å². The Hall–Kier alpha value is -1.15. The van der Waals surface area contributed by atoms with Crippen LogP contribution in [0.5, 0.6) is 0 Å². The van der Waals surface area contributed by atoms with Crippen LogP contribution in [0.25, 0.3) is 0 Å². The highest BCUT2D eigenvalue weighted by Crippen LogP contribution is 2.30. The molecule has 0 saturated heterocycles. The zero-order chi connectivity index (χ0) is 13.8. The van der Waals surface area contributed by atoms with E-state index in [1.807, 2.05) is 0 Å². The van der Waals surface area contributed by atoms with Gasteiger partial charge in [0.15, 0.2) is 0 Å². The van der Waals surface area contributed by atoms with Crippen LogP contribution in [0, 0.1) is 11.8 Å². The van der Waals surface area contributed by atoms with Gasteiger partial charge in [0.25, 0.3) is 0 Å². The molecule has 0 bridgehead atoms. The Morgan fingerprint density at radius 2 is 1.78 bits per heavy atom. The van der Waals surface area contributed by atoms with E-state index in [0.717, 1.165) is 12.8 Å². The number of carbonyl (C=O) groups excluding carboxylic acids is 1. The molecule has 8 heteroatoms. The van der Waals surface area contributed by atoms with E-state index in [9.17, 15) is 18.0 Å². The summed E-state index contributed by atoms with van der Waals surface area (Å²) in [6.07, 6.45) is 2.63. The summed E-state index contributed by atoms with van der Waals surface area (Å²) in [5, 5.41) is 16.3. The molecule has 0 aromatic rings. The van der Waals surface area contributed by atoms with Crippen LogP contribution in [-0.4, -0.2) is 37.7 Å². The number of aliphatic carboxylic acids is 1. The van der Waals surface area contributed by atoms with Crippen molar-refractivity contribution in [2.24, 2.45) is 17.0 Å². The summed E-state index contributed by atoms with van der Waals surface area (Å²) in [6, 6.07) is 0. The third-order valence-electron chi connectivity index (χ3n) is 3.11. The first-order valence-electron chi connectivity index (χ1n) is 5.82. The maximum absolute atomic E-state index is 11.8.